The van der Waals surface area contributed by atoms with E-state index in [-0.39, 0.29) is 0 Å². The van der Waals surface area contributed by atoms with Gasteiger partial charge in [0.2, 0.25) is 0 Å². The molecule has 0 aliphatic carbocycles. The van der Waals surface area contributed by atoms with Crippen molar-refractivity contribution in [1.29, 1.82) is 0 Å². The third kappa shape index (κ3) is 4.46. The first-order valence-electron chi connectivity index (χ1n) is 7.11. The summed E-state index contributed by atoms with van der Waals surface area (Å²) in [7, 11) is 3.75. The zero-order valence-corrected chi connectivity index (χ0v) is 12.8. The van der Waals surface area contributed by atoms with Gasteiger partial charge < -0.3 is 14.8 Å². The van der Waals surface area contributed by atoms with Crippen molar-refractivity contribution >= 4 is 0 Å². The van der Waals surface area contributed by atoms with E-state index in [1.54, 1.807) is 4.68 Å². The molecular weight excluding hydrogens is 268 g/mol. The van der Waals surface area contributed by atoms with Gasteiger partial charge >= 0.3 is 0 Å². The molecule has 1 N–H and O–H groups in total. The summed E-state index contributed by atoms with van der Waals surface area (Å²) >= 11 is 0. The Kier molecular flexibility index (Phi) is 5.57. The highest BCUT2D eigenvalue weighted by Crippen LogP contribution is 2.26. The molecule has 1 aromatic carbocycles. The summed E-state index contributed by atoms with van der Waals surface area (Å²) in [6.45, 7) is 3.92. The minimum atomic E-state index is 0.391. The van der Waals surface area contributed by atoms with E-state index in [1.807, 2.05) is 38.5 Å². The first-order chi connectivity index (χ1) is 10.2. The van der Waals surface area contributed by atoms with E-state index in [1.165, 1.54) is 0 Å². The Hall–Kier alpha value is -2.08. The number of nitrogens with one attached hydrogen (secondary N) is 1. The van der Waals surface area contributed by atoms with Crippen molar-refractivity contribution in [3.8, 4) is 11.5 Å². The van der Waals surface area contributed by atoms with Crippen molar-refractivity contribution in [2.24, 2.45) is 7.05 Å². The molecule has 6 nitrogen and oxygen atoms in total. The maximum Gasteiger partial charge on any atom is 0.134 e. The van der Waals surface area contributed by atoms with Crippen molar-refractivity contribution in [3.63, 3.8) is 0 Å². The third-order valence-corrected chi connectivity index (χ3v) is 2.90. The zero-order chi connectivity index (χ0) is 15.1. The van der Waals surface area contributed by atoms with Crippen LogP contribution in [-0.4, -0.2) is 28.6 Å². The first kappa shape index (κ1) is 15.3. The van der Waals surface area contributed by atoms with Crippen LogP contribution in [0.2, 0.25) is 0 Å². The van der Waals surface area contributed by atoms with Crippen LogP contribution in [0, 0.1) is 0 Å². The number of hydrogen-bond acceptors (Lipinski definition) is 5. The van der Waals surface area contributed by atoms with Crippen LogP contribution in [0.15, 0.2) is 24.4 Å². The highest BCUT2D eigenvalue weighted by molar-refractivity contribution is 5.40. The topological polar surface area (TPSA) is 61.2 Å². The van der Waals surface area contributed by atoms with Gasteiger partial charge in [0.1, 0.15) is 23.8 Å². The van der Waals surface area contributed by atoms with E-state index in [4.69, 9.17) is 9.47 Å². The van der Waals surface area contributed by atoms with Crippen LogP contribution in [0.5, 0.6) is 11.5 Å². The molecule has 1 heterocycles. The Morgan fingerprint density at radius 3 is 2.81 bits per heavy atom. The predicted octanol–water partition coefficient (Wildman–Crippen LogP) is 1.90. The standard InChI is InChI=1S/C15H22N4O2/c1-4-7-20-14-6-5-12(9-16-2)15(8-14)21-11-13-10-19(3)18-17-13/h5-6,8,10,16H,4,7,9,11H2,1-3H3. The number of nitrogens with zero attached hydrogens (tertiary/aromatic N) is 3. The smallest absolute Gasteiger partial charge is 0.134 e. The lowest BCUT2D eigenvalue weighted by atomic mass is 10.2. The Bertz CT molecular complexity index is 569. The van der Waals surface area contributed by atoms with Crippen molar-refractivity contribution in [1.82, 2.24) is 20.3 Å². The molecule has 2 rings (SSSR count). The molecule has 0 unspecified atom stereocenters. The molecule has 1 aromatic heterocycles. The normalized spacial score (nSPS) is 10.6. The van der Waals surface area contributed by atoms with Crippen molar-refractivity contribution in [2.75, 3.05) is 13.7 Å². The SMILES string of the molecule is CCCOc1ccc(CNC)c(OCc2cn(C)nn2)c1. The van der Waals surface area contributed by atoms with Gasteiger partial charge in [-0.3, -0.25) is 4.68 Å². The van der Waals surface area contributed by atoms with Crippen LogP contribution >= 0.6 is 0 Å². The van der Waals surface area contributed by atoms with Crippen LogP contribution in [0.25, 0.3) is 0 Å². The summed E-state index contributed by atoms with van der Waals surface area (Å²) in [4.78, 5) is 0. The lowest BCUT2D eigenvalue weighted by Gasteiger charge is -2.13. The Morgan fingerprint density at radius 1 is 1.29 bits per heavy atom. The molecule has 0 radical (unpaired) electrons. The fourth-order valence-corrected chi connectivity index (χ4v) is 1.93. The monoisotopic (exact) mass is 290 g/mol. The Labute approximate surface area is 125 Å². The third-order valence-electron chi connectivity index (χ3n) is 2.90. The molecule has 0 spiro atoms. The van der Waals surface area contributed by atoms with E-state index in [0.717, 1.165) is 35.7 Å². The average molecular weight is 290 g/mol. The van der Waals surface area contributed by atoms with Crippen LogP contribution in [-0.2, 0) is 20.2 Å². The minimum absolute atomic E-state index is 0.391. The minimum Gasteiger partial charge on any atom is -0.493 e. The molecule has 0 saturated heterocycles. The van der Waals surface area contributed by atoms with E-state index >= 15 is 0 Å². The molecule has 0 aliphatic rings. The van der Waals surface area contributed by atoms with E-state index in [9.17, 15) is 0 Å². The molecule has 114 valence electrons. The second-order valence-electron chi connectivity index (χ2n) is 4.82. The molecule has 0 fully saturated rings. The summed E-state index contributed by atoms with van der Waals surface area (Å²) in [5.41, 5.74) is 1.89. The van der Waals surface area contributed by atoms with Gasteiger partial charge in [0.15, 0.2) is 0 Å². The van der Waals surface area contributed by atoms with Crippen molar-refractivity contribution in [3.05, 3.63) is 35.7 Å². The number of ether oxygens (including phenoxy) is 2. The Morgan fingerprint density at radius 2 is 2.14 bits per heavy atom. The molecule has 6 heteroatoms. The van der Waals surface area contributed by atoms with E-state index in [2.05, 4.69) is 22.6 Å². The van der Waals surface area contributed by atoms with Crippen molar-refractivity contribution in [2.45, 2.75) is 26.5 Å². The average Bonchev–Trinajstić information content (AvgIpc) is 2.90. The number of benzene rings is 1. The quantitative estimate of drug-likeness (QED) is 0.804. The molecule has 0 atom stereocenters. The molecule has 0 aliphatic heterocycles. The Balaban J connectivity index is 2.09. The number of aromatic nitrogens is 3. The summed E-state index contributed by atoms with van der Waals surface area (Å²) in [5, 5.41) is 11.1. The second kappa shape index (κ2) is 7.64. The lowest BCUT2D eigenvalue weighted by Crippen LogP contribution is -2.08. The highest BCUT2D eigenvalue weighted by Gasteiger charge is 2.07. The largest absolute Gasteiger partial charge is 0.493 e. The zero-order valence-electron chi connectivity index (χ0n) is 12.8. The fraction of sp³-hybridized carbons (Fsp3) is 0.467. The maximum atomic E-state index is 5.87. The van der Waals surface area contributed by atoms with E-state index < -0.39 is 0 Å². The second-order valence-corrected chi connectivity index (χ2v) is 4.82. The lowest BCUT2D eigenvalue weighted by molar-refractivity contribution is 0.288. The number of rotatable bonds is 8. The molecule has 0 amide bonds. The van der Waals surface area contributed by atoms with Crippen LogP contribution < -0.4 is 14.8 Å². The van der Waals surface area contributed by atoms with Gasteiger partial charge in [0.05, 0.1) is 12.8 Å². The summed E-state index contributed by atoms with van der Waals surface area (Å²) in [6, 6.07) is 5.92. The van der Waals surface area contributed by atoms with Gasteiger partial charge in [-0.15, -0.1) is 5.10 Å². The number of aryl methyl sites for hydroxylation is 1. The van der Waals surface area contributed by atoms with Gasteiger partial charge in [-0.25, -0.2) is 0 Å². The van der Waals surface area contributed by atoms with Gasteiger partial charge in [-0.05, 0) is 19.5 Å². The molecule has 21 heavy (non-hydrogen) atoms. The van der Waals surface area contributed by atoms with E-state index in [0.29, 0.717) is 13.2 Å². The molecule has 2 aromatic rings. The maximum absolute atomic E-state index is 5.87. The highest BCUT2D eigenvalue weighted by atomic mass is 16.5. The fourth-order valence-electron chi connectivity index (χ4n) is 1.93. The number of hydrogen-bond donors (Lipinski definition) is 1. The van der Waals surface area contributed by atoms with Gasteiger partial charge in [-0.1, -0.05) is 18.2 Å². The summed E-state index contributed by atoms with van der Waals surface area (Å²) in [5.74, 6) is 1.63. The van der Waals surface area contributed by atoms with Gasteiger partial charge in [0, 0.05) is 25.2 Å². The van der Waals surface area contributed by atoms with Gasteiger partial charge in [-0.2, -0.15) is 0 Å². The molecule has 0 saturated carbocycles. The van der Waals surface area contributed by atoms with Gasteiger partial charge in [0.25, 0.3) is 0 Å². The molecule has 0 bridgehead atoms. The van der Waals surface area contributed by atoms with Crippen LogP contribution in [0.3, 0.4) is 0 Å². The summed E-state index contributed by atoms with van der Waals surface area (Å²) in [6.07, 6.45) is 2.82. The molecular formula is C15H22N4O2. The van der Waals surface area contributed by atoms with Crippen LogP contribution in [0.4, 0.5) is 0 Å². The summed E-state index contributed by atoms with van der Waals surface area (Å²) < 4.78 is 13.2. The van der Waals surface area contributed by atoms with Crippen LogP contribution in [0.1, 0.15) is 24.6 Å². The van der Waals surface area contributed by atoms with Crippen molar-refractivity contribution < 1.29 is 9.47 Å². The predicted molar refractivity (Wildman–Crippen MR) is 80.3 cm³/mol. The first-order valence-corrected chi connectivity index (χ1v) is 7.11.